The van der Waals surface area contributed by atoms with Crippen molar-refractivity contribution < 1.29 is 4.79 Å². The summed E-state index contributed by atoms with van der Waals surface area (Å²) >= 11 is 5.18. The number of hydrogen-bond donors (Lipinski definition) is 0. The number of rotatable bonds is 2. The number of aromatic nitrogens is 1. The van der Waals surface area contributed by atoms with Crippen LogP contribution in [0, 0.1) is 5.92 Å². The van der Waals surface area contributed by atoms with Gasteiger partial charge in [-0.05, 0) is 24.6 Å². The van der Waals surface area contributed by atoms with Gasteiger partial charge in [-0.3, -0.25) is 4.79 Å². The lowest BCUT2D eigenvalue weighted by Crippen LogP contribution is -2.31. The minimum Gasteiger partial charge on any atom is -0.349 e. The predicted octanol–water partition coefficient (Wildman–Crippen LogP) is 2.97. The van der Waals surface area contributed by atoms with Crippen LogP contribution in [0.25, 0.3) is 10.2 Å². The maximum atomic E-state index is 12.0. The van der Waals surface area contributed by atoms with Gasteiger partial charge in [0.1, 0.15) is 0 Å². The highest BCUT2D eigenvalue weighted by Gasteiger charge is 2.30. The SMILES string of the molecule is CN(C)C(=O)C1CCN(c2nc3ccc(Br)cc3s2)C1. The Morgan fingerprint density at radius 2 is 2.30 bits per heavy atom. The molecule has 4 nitrogen and oxygen atoms in total. The normalized spacial score (nSPS) is 18.8. The van der Waals surface area contributed by atoms with Crippen LogP contribution in [0.3, 0.4) is 0 Å². The molecule has 1 saturated heterocycles. The molecule has 1 amide bonds. The smallest absolute Gasteiger partial charge is 0.227 e. The summed E-state index contributed by atoms with van der Waals surface area (Å²) in [5, 5.41) is 1.02. The van der Waals surface area contributed by atoms with Gasteiger partial charge in [-0.1, -0.05) is 27.3 Å². The van der Waals surface area contributed by atoms with Crippen LogP contribution in [0.1, 0.15) is 6.42 Å². The minimum atomic E-state index is 0.101. The van der Waals surface area contributed by atoms with Gasteiger partial charge in [-0.15, -0.1) is 0 Å². The maximum absolute atomic E-state index is 12.0. The summed E-state index contributed by atoms with van der Waals surface area (Å²) in [5.41, 5.74) is 1.02. The highest BCUT2D eigenvalue weighted by molar-refractivity contribution is 9.10. The molecule has 1 aromatic heterocycles. The van der Waals surface area contributed by atoms with Crippen molar-refractivity contribution in [3.8, 4) is 0 Å². The van der Waals surface area contributed by atoms with E-state index >= 15 is 0 Å². The summed E-state index contributed by atoms with van der Waals surface area (Å²) in [5.74, 6) is 0.320. The van der Waals surface area contributed by atoms with Gasteiger partial charge in [0, 0.05) is 31.7 Å². The van der Waals surface area contributed by atoms with E-state index < -0.39 is 0 Å². The van der Waals surface area contributed by atoms with Gasteiger partial charge in [0.2, 0.25) is 5.91 Å². The van der Waals surface area contributed by atoms with Crippen molar-refractivity contribution in [2.75, 3.05) is 32.1 Å². The van der Waals surface area contributed by atoms with Crippen molar-refractivity contribution in [1.29, 1.82) is 0 Å². The molecule has 0 saturated carbocycles. The number of nitrogens with zero attached hydrogens (tertiary/aromatic N) is 3. The first-order chi connectivity index (χ1) is 9.54. The van der Waals surface area contributed by atoms with Crippen molar-refractivity contribution in [1.82, 2.24) is 9.88 Å². The summed E-state index contributed by atoms with van der Waals surface area (Å²) in [6.07, 6.45) is 0.913. The number of hydrogen-bond acceptors (Lipinski definition) is 4. The van der Waals surface area contributed by atoms with Crippen molar-refractivity contribution in [3.63, 3.8) is 0 Å². The standard InChI is InChI=1S/C14H16BrN3OS/c1-17(2)13(19)9-5-6-18(8-9)14-16-11-4-3-10(15)7-12(11)20-14/h3-4,7,9H,5-6,8H2,1-2H3. The zero-order chi connectivity index (χ0) is 14.3. The highest BCUT2D eigenvalue weighted by Crippen LogP contribution is 2.33. The molecule has 0 aliphatic carbocycles. The van der Waals surface area contributed by atoms with E-state index in [0.717, 1.165) is 34.6 Å². The van der Waals surface area contributed by atoms with Crippen LogP contribution in [0.4, 0.5) is 5.13 Å². The molecule has 2 heterocycles. The van der Waals surface area contributed by atoms with Crippen LogP contribution in [0.5, 0.6) is 0 Å². The monoisotopic (exact) mass is 353 g/mol. The molecule has 1 aliphatic rings. The van der Waals surface area contributed by atoms with E-state index in [1.165, 1.54) is 4.70 Å². The predicted molar refractivity (Wildman–Crippen MR) is 86.3 cm³/mol. The van der Waals surface area contributed by atoms with Crippen molar-refractivity contribution in [2.24, 2.45) is 5.92 Å². The van der Waals surface area contributed by atoms with Crippen LogP contribution in [-0.2, 0) is 4.79 Å². The van der Waals surface area contributed by atoms with Gasteiger partial charge in [0.25, 0.3) is 0 Å². The Labute approximate surface area is 130 Å². The largest absolute Gasteiger partial charge is 0.349 e. The molecule has 0 bridgehead atoms. The Balaban J connectivity index is 1.81. The first-order valence-corrected chi connectivity index (χ1v) is 8.18. The zero-order valence-electron chi connectivity index (χ0n) is 11.5. The zero-order valence-corrected chi connectivity index (χ0v) is 13.9. The lowest BCUT2D eigenvalue weighted by atomic mass is 10.1. The summed E-state index contributed by atoms with van der Waals surface area (Å²) in [6, 6.07) is 6.13. The number of amides is 1. The molecule has 2 aromatic rings. The summed E-state index contributed by atoms with van der Waals surface area (Å²) in [6.45, 7) is 1.68. The van der Waals surface area contributed by atoms with Gasteiger partial charge >= 0.3 is 0 Å². The molecule has 1 atom stereocenters. The molecule has 3 rings (SSSR count). The number of anilines is 1. The van der Waals surface area contributed by atoms with E-state index in [4.69, 9.17) is 0 Å². The molecule has 106 valence electrons. The molecule has 0 radical (unpaired) electrons. The lowest BCUT2D eigenvalue weighted by Gasteiger charge is -2.17. The molecule has 6 heteroatoms. The Hall–Kier alpha value is -1.14. The second-order valence-corrected chi connectivity index (χ2v) is 7.20. The van der Waals surface area contributed by atoms with E-state index in [1.807, 2.05) is 26.2 Å². The highest BCUT2D eigenvalue weighted by atomic mass is 79.9. The Morgan fingerprint density at radius 3 is 3.05 bits per heavy atom. The fourth-order valence-corrected chi connectivity index (χ4v) is 4.07. The third kappa shape index (κ3) is 2.54. The van der Waals surface area contributed by atoms with E-state index in [1.54, 1.807) is 16.2 Å². The molecule has 0 spiro atoms. The summed E-state index contributed by atoms with van der Waals surface area (Å²) < 4.78 is 2.25. The fraction of sp³-hybridized carbons (Fsp3) is 0.429. The number of thiazole rings is 1. The molecule has 1 aliphatic heterocycles. The molecule has 1 unspecified atom stereocenters. The molecular weight excluding hydrogens is 338 g/mol. The van der Waals surface area contributed by atoms with Crippen LogP contribution in [-0.4, -0.2) is 43.0 Å². The number of halogens is 1. The number of carbonyl (C=O) groups excluding carboxylic acids is 1. The molecule has 0 N–H and O–H groups in total. The van der Waals surface area contributed by atoms with Crippen molar-refractivity contribution in [3.05, 3.63) is 22.7 Å². The Bertz CT molecular complexity index is 655. The number of fused-ring (bicyclic) bond motifs is 1. The van der Waals surface area contributed by atoms with Crippen molar-refractivity contribution >= 4 is 48.5 Å². The first-order valence-electron chi connectivity index (χ1n) is 6.57. The second kappa shape index (κ2) is 5.33. The van der Waals surface area contributed by atoms with Crippen LogP contribution < -0.4 is 4.90 Å². The van der Waals surface area contributed by atoms with E-state index in [-0.39, 0.29) is 11.8 Å². The van der Waals surface area contributed by atoms with Crippen LogP contribution in [0.15, 0.2) is 22.7 Å². The fourth-order valence-electron chi connectivity index (χ4n) is 2.52. The van der Waals surface area contributed by atoms with Crippen LogP contribution in [0.2, 0.25) is 0 Å². The van der Waals surface area contributed by atoms with E-state index in [2.05, 4.69) is 31.9 Å². The van der Waals surface area contributed by atoms with E-state index in [9.17, 15) is 4.79 Å². The maximum Gasteiger partial charge on any atom is 0.227 e. The summed E-state index contributed by atoms with van der Waals surface area (Å²) in [7, 11) is 3.64. The average molecular weight is 354 g/mol. The number of carbonyl (C=O) groups is 1. The topological polar surface area (TPSA) is 36.4 Å². The average Bonchev–Trinajstić information content (AvgIpc) is 3.02. The van der Waals surface area contributed by atoms with Gasteiger partial charge in [0.05, 0.1) is 16.1 Å². The van der Waals surface area contributed by atoms with Gasteiger partial charge in [-0.25, -0.2) is 4.98 Å². The molecular formula is C14H16BrN3OS. The molecule has 1 fully saturated rings. The third-order valence-corrected chi connectivity index (χ3v) is 5.16. The van der Waals surface area contributed by atoms with Gasteiger partial charge < -0.3 is 9.80 Å². The first kappa shape index (κ1) is 13.8. The quantitative estimate of drug-likeness (QED) is 0.832. The molecule has 1 aromatic carbocycles. The Morgan fingerprint density at radius 1 is 1.50 bits per heavy atom. The van der Waals surface area contributed by atoms with Gasteiger partial charge in [-0.2, -0.15) is 0 Å². The number of benzene rings is 1. The second-order valence-electron chi connectivity index (χ2n) is 5.27. The molecule has 20 heavy (non-hydrogen) atoms. The van der Waals surface area contributed by atoms with Gasteiger partial charge in [0.15, 0.2) is 5.13 Å². The third-order valence-electron chi connectivity index (χ3n) is 3.59. The Kier molecular flexibility index (Phi) is 3.69. The van der Waals surface area contributed by atoms with Crippen LogP contribution >= 0.6 is 27.3 Å². The van der Waals surface area contributed by atoms with E-state index in [0.29, 0.717) is 0 Å². The van der Waals surface area contributed by atoms with Crippen molar-refractivity contribution in [2.45, 2.75) is 6.42 Å². The lowest BCUT2D eigenvalue weighted by molar-refractivity contribution is -0.132. The minimum absolute atomic E-state index is 0.101. The summed E-state index contributed by atoms with van der Waals surface area (Å²) in [4.78, 5) is 20.6.